The largest absolute Gasteiger partial charge is 0.274 e. The monoisotopic (exact) mass is 323 g/mol. The third-order valence-electron chi connectivity index (χ3n) is 5.25. The lowest BCUT2D eigenvalue weighted by molar-refractivity contribution is -0.123. The topological polar surface area (TPSA) is 63.2 Å². The minimum atomic E-state index is -0.153. The maximum absolute atomic E-state index is 12.8. The number of fused-ring (bicyclic) bond motifs is 5. The molecule has 1 saturated heterocycles. The van der Waals surface area contributed by atoms with Gasteiger partial charge in [0.15, 0.2) is 0 Å². The van der Waals surface area contributed by atoms with Crippen molar-refractivity contribution in [3.05, 3.63) is 41.8 Å². The van der Waals surface area contributed by atoms with Crippen LogP contribution < -0.4 is 4.90 Å². The molecule has 6 heteroatoms. The summed E-state index contributed by atoms with van der Waals surface area (Å²) < 4.78 is 3.85. The van der Waals surface area contributed by atoms with Crippen LogP contribution in [0.1, 0.15) is 6.42 Å². The Bertz CT molecular complexity index is 798. The van der Waals surface area contributed by atoms with Crippen molar-refractivity contribution in [3.63, 3.8) is 0 Å². The van der Waals surface area contributed by atoms with Crippen molar-refractivity contribution in [1.29, 1.82) is 0 Å². The fourth-order valence-electron chi connectivity index (χ4n) is 4.23. The van der Waals surface area contributed by atoms with E-state index >= 15 is 0 Å². The van der Waals surface area contributed by atoms with Crippen molar-refractivity contribution in [2.45, 2.75) is 6.42 Å². The maximum Gasteiger partial charge on any atom is 0.238 e. The second-order valence-electron chi connectivity index (χ2n) is 6.35. The Morgan fingerprint density at radius 2 is 1.65 bits per heavy atom. The van der Waals surface area contributed by atoms with Crippen molar-refractivity contribution in [2.75, 3.05) is 4.90 Å². The first kappa shape index (κ1) is 13.1. The van der Waals surface area contributed by atoms with Crippen molar-refractivity contribution in [3.8, 4) is 11.3 Å². The average molecular weight is 323 g/mol. The summed E-state index contributed by atoms with van der Waals surface area (Å²) in [4.78, 5) is 26.9. The van der Waals surface area contributed by atoms with Crippen LogP contribution in [0.2, 0.25) is 0 Å². The van der Waals surface area contributed by atoms with Crippen LogP contribution in [0.4, 0.5) is 5.69 Å². The zero-order valence-electron chi connectivity index (χ0n) is 12.1. The van der Waals surface area contributed by atoms with Gasteiger partial charge in [-0.15, -0.1) is 5.10 Å². The Hall–Kier alpha value is -2.34. The van der Waals surface area contributed by atoms with E-state index in [1.807, 2.05) is 29.6 Å². The first-order valence-corrected chi connectivity index (χ1v) is 8.51. The van der Waals surface area contributed by atoms with Gasteiger partial charge in [-0.3, -0.25) is 14.5 Å². The fraction of sp³-hybridized carbons (Fsp3) is 0.294. The molecule has 5 nitrogen and oxygen atoms in total. The molecule has 0 radical (unpaired) electrons. The van der Waals surface area contributed by atoms with E-state index in [1.165, 1.54) is 16.4 Å². The van der Waals surface area contributed by atoms with E-state index in [0.717, 1.165) is 17.7 Å². The number of carbonyl (C=O) groups excluding carboxylic acids is 2. The number of hydrogen-bond acceptors (Lipinski definition) is 5. The van der Waals surface area contributed by atoms with Crippen LogP contribution in [-0.4, -0.2) is 21.4 Å². The highest BCUT2D eigenvalue weighted by molar-refractivity contribution is 7.03. The SMILES string of the molecule is O=C1C2[C@@H]3C=C[C@@H](C3)[C@@H]2C(=O)N1c1ccc(-c2csnn2)cc1. The van der Waals surface area contributed by atoms with Gasteiger partial charge in [-0.05, 0) is 41.9 Å². The van der Waals surface area contributed by atoms with Gasteiger partial charge < -0.3 is 0 Å². The zero-order chi connectivity index (χ0) is 15.6. The molecule has 114 valence electrons. The lowest BCUT2D eigenvalue weighted by Gasteiger charge is -2.17. The Morgan fingerprint density at radius 3 is 2.22 bits per heavy atom. The molecule has 2 aromatic rings. The summed E-state index contributed by atoms with van der Waals surface area (Å²) in [5.41, 5.74) is 2.39. The van der Waals surface area contributed by atoms with Crippen LogP contribution in [0.3, 0.4) is 0 Å². The summed E-state index contributed by atoms with van der Waals surface area (Å²) in [5, 5.41) is 5.90. The molecule has 1 unspecified atom stereocenters. The molecule has 2 fully saturated rings. The van der Waals surface area contributed by atoms with E-state index in [1.54, 1.807) is 0 Å². The second-order valence-corrected chi connectivity index (χ2v) is 6.96. The summed E-state index contributed by atoms with van der Waals surface area (Å²) in [6.45, 7) is 0. The maximum atomic E-state index is 12.8. The molecule has 1 aromatic carbocycles. The summed E-state index contributed by atoms with van der Waals surface area (Å²) in [5.74, 6) is 0.0956. The first-order chi connectivity index (χ1) is 11.2. The summed E-state index contributed by atoms with van der Waals surface area (Å²) >= 11 is 1.30. The van der Waals surface area contributed by atoms with Crippen LogP contribution in [0.5, 0.6) is 0 Å². The van der Waals surface area contributed by atoms with Gasteiger partial charge in [0, 0.05) is 10.9 Å². The molecule has 3 aliphatic rings. The third-order valence-corrected chi connectivity index (χ3v) is 5.76. The molecular weight excluding hydrogens is 310 g/mol. The zero-order valence-corrected chi connectivity index (χ0v) is 12.9. The number of imide groups is 1. The molecule has 2 aliphatic carbocycles. The van der Waals surface area contributed by atoms with Crippen molar-refractivity contribution in [1.82, 2.24) is 9.59 Å². The van der Waals surface area contributed by atoms with Gasteiger partial charge in [0.25, 0.3) is 0 Å². The molecular formula is C17H13N3O2S. The van der Waals surface area contributed by atoms with Crippen LogP contribution >= 0.6 is 11.5 Å². The summed E-state index contributed by atoms with van der Waals surface area (Å²) in [6, 6.07) is 7.41. The lowest BCUT2D eigenvalue weighted by Crippen LogP contribution is -2.32. The van der Waals surface area contributed by atoms with Gasteiger partial charge in [0.05, 0.1) is 17.5 Å². The Balaban J connectivity index is 1.49. The minimum Gasteiger partial charge on any atom is -0.274 e. The van der Waals surface area contributed by atoms with Gasteiger partial charge in [0.1, 0.15) is 5.69 Å². The van der Waals surface area contributed by atoms with E-state index in [-0.39, 0.29) is 35.5 Å². The van der Waals surface area contributed by atoms with E-state index in [0.29, 0.717) is 5.69 Å². The van der Waals surface area contributed by atoms with Crippen LogP contribution in [-0.2, 0) is 9.59 Å². The lowest BCUT2D eigenvalue weighted by atomic mass is 9.85. The van der Waals surface area contributed by atoms with Crippen LogP contribution in [0.25, 0.3) is 11.3 Å². The number of benzene rings is 1. The van der Waals surface area contributed by atoms with Gasteiger partial charge >= 0.3 is 0 Å². The van der Waals surface area contributed by atoms with E-state index in [2.05, 4.69) is 21.7 Å². The Labute approximate surface area is 136 Å². The van der Waals surface area contributed by atoms with E-state index < -0.39 is 0 Å². The molecule has 4 atom stereocenters. The number of rotatable bonds is 2. The quantitative estimate of drug-likeness (QED) is 0.629. The number of aromatic nitrogens is 2. The van der Waals surface area contributed by atoms with Crippen LogP contribution in [0.15, 0.2) is 41.8 Å². The molecule has 23 heavy (non-hydrogen) atoms. The standard InChI is InChI=1S/C17H13N3O2S/c21-16-14-10-1-2-11(7-10)15(14)17(22)20(16)12-5-3-9(4-6-12)13-8-23-19-18-13/h1-6,8,10-11,14-15H,7H2/t10-,11+,14-,15?/m0/s1. The Kier molecular flexibility index (Phi) is 2.61. The van der Waals surface area contributed by atoms with Gasteiger partial charge in [-0.25, -0.2) is 0 Å². The molecule has 0 spiro atoms. The number of anilines is 1. The van der Waals surface area contributed by atoms with Crippen molar-refractivity contribution < 1.29 is 9.59 Å². The Morgan fingerprint density at radius 1 is 1.00 bits per heavy atom. The highest BCUT2D eigenvalue weighted by Crippen LogP contribution is 2.53. The number of allylic oxidation sites excluding steroid dienone is 2. The predicted molar refractivity (Wildman–Crippen MR) is 85.6 cm³/mol. The number of carbonyl (C=O) groups is 2. The highest BCUT2D eigenvalue weighted by Gasteiger charge is 2.59. The molecule has 5 rings (SSSR count). The predicted octanol–water partition coefficient (Wildman–Crippen LogP) is 2.52. The molecule has 2 amide bonds. The second kappa shape index (κ2) is 4.58. The van der Waals surface area contributed by atoms with Gasteiger partial charge in [-0.1, -0.05) is 28.8 Å². The first-order valence-electron chi connectivity index (χ1n) is 7.67. The minimum absolute atomic E-state index is 0.0417. The number of amides is 2. The van der Waals surface area contributed by atoms with Crippen LogP contribution in [0, 0.1) is 23.7 Å². The highest BCUT2D eigenvalue weighted by atomic mass is 32.1. The van der Waals surface area contributed by atoms with Crippen molar-refractivity contribution >= 4 is 29.0 Å². The van der Waals surface area contributed by atoms with Crippen molar-refractivity contribution in [2.24, 2.45) is 23.7 Å². The fourth-order valence-corrected chi connectivity index (χ4v) is 4.69. The molecule has 0 N–H and O–H groups in total. The normalized spacial score (nSPS) is 31.2. The molecule has 2 heterocycles. The molecule has 1 saturated carbocycles. The number of hydrogen-bond donors (Lipinski definition) is 0. The summed E-state index contributed by atoms with van der Waals surface area (Å²) in [7, 11) is 0. The molecule has 1 aromatic heterocycles. The molecule has 1 aliphatic heterocycles. The number of nitrogens with zero attached hydrogens (tertiary/aromatic N) is 3. The van der Waals surface area contributed by atoms with Gasteiger partial charge in [0.2, 0.25) is 11.8 Å². The average Bonchev–Trinajstić information content (AvgIpc) is 3.33. The smallest absolute Gasteiger partial charge is 0.238 e. The third kappa shape index (κ3) is 1.72. The molecule has 2 bridgehead atoms. The van der Waals surface area contributed by atoms with E-state index in [9.17, 15) is 9.59 Å². The van der Waals surface area contributed by atoms with E-state index in [4.69, 9.17) is 0 Å². The summed E-state index contributed by atoms with van der Waals surface area (Å²) in [6.07, 6.45) is 5.17. The van der Waals surface area contributed by atoms with Gasteiger partial charge in [-0.2, -0.15) is 0 Å².